The van der Waals surface area contributed by atoms with E-state index in [0.717, 1.165) is 62.8 Å². The van der Waals surface area contributed by atoms with Crippen molar-refractivity contribution < 1.29 is 48.0 Å². The zero-order valence-electron chi connectivity index (χ0n) is 46.2. The number of cyclic esters (lactones) is 1. The molecule has 0 spiro atoms. The zero-order chi connectivity index (χ0) is 54.8. The van der Waals surface area contributed by atoms with Crippen LogP contribution in [0.3, 0.4) is 0 Å². The molecular formula is C56H79N11O10. The van der Waals surface area contributed by atoms with Crippen molar-refractivity contribution in [1.82, 2.24) is 54.1 Å². The minimum Gasteiger partial charge on any atom is -0.458 e. The van der Waals surface area contributed by atoms with E-state index in [0.29, 0.717) is 38.8 Å². The molecule has 4 aromatic rings. The molecular weight excluding hydrogens is 987 g/mol. The Balaban J connectivity index is 0.862. The summed E-state index contributed by atoms with van der Waals surface area (Å²) in [7, 11) is 3.47. The number of aryl methyl sites for hydroxylation is 1. The number of nitrogens with zero attached hydrogens (tertiary/aromatic N) is 11. The number of carbonyl (C=O) groups excluding carboxylic acids is 4. The van der Waals surface area contributed by atoms with Crippen LogP contribution in [0.1, 0.15) is 85.4 Å². The van der Waals surface area contributed by atoms with Gasteiger partial charge >= 0.3 is 12.1 Å². The normalized spacial score (nSPS) is 33.6. The van der Waals surface area contributed by atoms with Gasteiger partial charge in [-0.05, 0) is 97.2 Å². The van der Waals surface area contributed by atoms with Crippen molar-refractivity contribution >= 4 is 23.6 Å². The van der Waals surface area contributed by atoms with Crippen LogP contribution in [0.15, 0.2) is 67.8 Å². The van der Waals surface area contributed by atoms with Gasteiger partial charge in [-0.3, -0.25) is 43.7 Å². The number of pyridine rings is 2. The van der Waals surface area contributed by atoms with E-state index in [2.05, 4.69) is 52.1 Å². The van der Waals surface area contributed by atoms with Crippen LogP contribution in [0.4, 0.5) is 4.79 Å². The molecule has 0 saturated carbocycles. The molecule has 9 rings (SSSR count). The van der Waals surface area contributed by atoms with Crippen molar-refractivity contribution in [3.63, 3.8) is 0 Å². The van der Waals surface area contributed by atoms with Crippen molar-refractivity contribution in [1.29, 1.82) is 0 Å². The van der Waals surface area contributed by atoms with Gasteiger partial charge in [0.05, 0.1) is 54.0 Å². The van der Waals surface area contributed by atoms with Gasteiger partial charge in [0, 0.05) is 133 Å². The summed E-state index contributed by atoms with van der Waals surface area (Å²) in [6.45, 7) is 19.8. The van der Waals surface area contributed by atoms with Crippen LogP contribution >= 0.6 is 0 Å². The highest BCUT2D eigenvalue weighted by molar-refractivity contribution is 6.00. The Labute approximate surface area is 451 Å². The predicted molar refractivity (Wildman–Crippen MR) is 282 cm³/mol. The summed E-state index contributed by atoms with van der Waals surface area (Å²) in [6.07, 6.45) is 9.81. The molecule has 21 nitrogen and oxygen atoms in total. The number of ketones is 2. The average Bonchev–Trinajstić information content (AvgIpc) is 4.38. The smallest absolute Gasteiger partial charge is 0.411 e. The minimum atomic E-state index is -1.38. The molecule has 1 amide bonds. The van der Waals surface area contributed by atoms with Gasteiger partial charge in [-0.25, -0.2) is 9.78 Å². The number of amides is 1. The van der Waals surface area contributed by atoms with Crippen molar-refractivity contribution in [3.8, 4) is 11.3 Å². The van der Waals surface area contributed by atoms with Crippen molar-refractivity contribution in [2.24, 2.45) is 23.7 Å². The van der Waals surface area contributed by atoms with Crippen LogP contribution in [0, 0.1) is 23.7 Å². The summed E-state index contributed by atoms with van der Waals surface area (Å²) in [5.41, 5.74) is 1.10. The molecule has 1 unspecified atom stereocenters. The fourth-order valence-electron chi connectivity index (χ4n) is 12.6. The molecule has 9 heterocycles. The molecule has 1 N–H and O–H groups in total. The third-order valence-electron chi connectivity index (χ3n) is 17.4. The number of piperazine rings is 1. The van der Waals surface area contributed by atoms with Gasteiger partial charge in [0.2, 0.25) is 0 Å². The van der Waals surface area contributed by atoms with E-state index in [1.54, 1.807) is 51.3 Å². The van der Waals surface area contributed by atoms with Gasteiger partial charge in [-0.1, -0.05) is 19.1 Å². The summed E-state index contributed by atoms with van der Waals surface area (Å²) in [4.78, 5) is 79.1. The highest BCUT2D eigenvalue weighted by atomic mass is 16.7. The molecule has 5 fully saturated rings. The Morgan fingerprint density at radius 2 is 1.66 bits per heavy atom. The van der Waals surface area contributed by atoms with Crippen LogP contribution in [-0.4, -0.2) is 196 Å². The predicted octanol–water partition coefficient (Wildman–Crippen LogP) is 4.32. The molecule has 21 heteroatoms. The first-order valence-electron chi connectivity index (χ1n) is 27.6. The van der Waals surface area contributed by atoms with Gasteiger partial charge in [-0.2, -0.15) is 0 Å². The fourth-order valence-corrected chi connectivity index (χ4v) is 12.6. The molecule has 5 aliphatic heterocycles. The topological polar surface area (TPSA) is 222 Å². The summed E-state index contributed by atoms with van der Waals surface area (Å²) in [6, 6.07) is 6.33. The molecule has 418 valence electrons. The highest BCUT2D eigenvalue weighted by Crippen LogP contribution is 2.52. The van der Waals surface area contributed by atoms with E-state index in [9.17, 15) is 19.5 Å². The Hall–Kier alpha value is -5.55. The van der Waals surface area contributed by atoms with Crippen molar-refractivity contribution in [2.75, 3.05) is 53.4 Å². The molecule has 5 saturated heterocycles. The van der Waals surface area contributed by atoms with Crippen LogP contribution in [0.25, 0.3) is 11.3 Å². The second-order valence-electron chi connectivity index (χ2n) is 22.7. The molecule has 0 aromatic carbocycles. The molecule has 0 bridgehead atoms. The van der Waals surface area contributed by atoms with Crippen LogP contribution in [0.5, 0.6) is 0 Å². The first kappa shape index (κ1) is 56.2. The summed E-state index contributed by atoms with van der Waals surface area (Å²) in [5.74, 6) is -4.97. The number of aromatic nitrogens is 7. The Morgan fingerprint density at radius 1 is 0.909 bits per heavy atom. The molecule has 14 atom stereocenters. The number of hydrogen-bond acceptors (Lipinski definition) is 18. The lowest BCUT2D eigenvalue weighted by Gasteiger charge is -2.54. The maximum Gasteiger partial charge on any atom is 0.411 e. The quantitative estimate of drug-likeness (QED) is 0.115. The number of aliphatic hydroxyl groups excluding tert-OH is 1. The average molecular weight is 1070 g/mol. The lowest BCUT2D eigenvalue weighted by atomic mass is 9.65. The third kappa shape index (κ3) is 12.1. The first-order valence-corrected chi connectivity index (χ1v) is 27.6. The maximum absolute atomic E-state index is 15.2. The van der Waals surface area contributed by atoms with Crippen LogP contribution < -0.4 is 0 Å². The fraction of sp³-hybridized carbons (Fsp3) is 0.661. The Kier molecular flexibility index (Phi) is 17.4. The number of carbonyl (C=O) groups is 4. The zero-order valence-corrected chi connectivity index (χ0v) is 46.2. The summed E-state index contributed by atoms with van der Waals surface area (Å²) < 4.78 is 35.6. The minimum absolute atomic E-state index is 0.108. The van der Waals surface area contributed by atoms with Gasteiger partial charge in [0.1, 0.15) is 23.9 Å². The lowest BCUT2D eigenvalue weighted by molar-refractivity contribution is -0.296. The van der Waals surface area contributed by atoms with E-state index in [-0.39, 0.29) is 18.3 Å². The molecule has 5 aliphatic rings. The lowest BCUT2D eigenvalue weighted by Crippen LogP contribution is -2.72. The molecule has 0 radical (unpaired) electrons. The third-order valence-corrected chi connectivity index (χ3v) is 17.4. The monoisotopic (exact) mass is 1070 g/mol. The number of aliphatic hydroxyl groups is 1. The first-order chi connectivity index (χ1) is 36.9. The number of hydrogen-bond donors (Lipinski definition) is 1. The number of methoxy groups -OCH3 is 1. The van der Waals surface area contributed by atoms with E-state index >= 15 is 4.79 Å². The SMILES string of the molecule is CO[C@]1(C)C[C@@H](C)C(=O)[C@@H]2C(CCCn3cnc(-c4cccnc4)c3)N3C(=O)O[C@](C)([C@@H](C)OC(=O)[C@H](C)C(=O)[C@H](C)[C@H]1O[C@@H]1O[C@H](C)C[C@H](N(C)CCc4cn(CCN5CCN(Cc6ccncc6)CC5)nn4)[C@H]1O)[C@@H]23. The summed E-state index contributed by atoms with van der Waals surface area (Å²) in [5, 5.41) is 21.1. The Bertz CT molecular complexity index is 2650. The number of Topliss-reactive ketones (excluding diaryl/α,β-unsaturated/α-hetero) is 2. The van der Waals surface area contributed by atoms with E-state index in [4.69, 9.17) is 23.7 Å². The standard InChI is InChI=1S/C56H79N11O10/c1-35-29-55(6,73-9)51(76-53-49(70)45(28-36(2)74-53)62(8)21-16-42-32-66(61-60-42)27-26-63-22-24-64(25-23-63)31-40-14-18-57-19-15-40)37(3)48(69)38(4)52(71)75-39(5)56(7)50-46(47(35)68)44(67(50)54(72)77-56)13-11-20-65-33-43(59-34-65)41-12-10-17-58-30-41/h10,12,14-15,17-19,30,32-39,44-46,49-51,53,70H,11,13,16,20-29,31H2,1-9H3/t35-,36-,37+,38-,39-,44?,45+,46+,49-,50-,51-,53+,55-,56-/m1/s1. The van der Waals surface area contributed by atoms with Gasteiger partial charge in [0.15, 0.2) is 17.7 Å². The number of ether oxygens (including phenoxy) is 5. The number of esters is 1. The molecule has 0 aliphatic carbocycles. The number of likely N-dealkylation sites (N-methyl/N-ethyl adjacent to an activating group) is 1. The van der Waals surface area contributed by atoms with Gasteiger partial charge < -0.3 is 38.3 Å². The molecule has 4 aromatic heterocycles. The number of imidazole rings is 1. The van der Waals surface area contributed by atoms with Gasteiger partial charge in [-0.15, -0.1) is 5.10 Å². The highest BCUT2D eigenvalue weighted by Gasteiger charge is 2.70. The second-order valence-corrected chi connectivity index (χ2v) is 22.7. The van der Waals surface area contributed by atoms with Crippen molar-refractivity contribution in [2.45, 2.75) is 160 Å². The van der Waals surface area contributed by atoms with Crippen LogP contribution in [-0.2, 0) is 64.1 Å². The second kappa shape index (κ2) is 23.8. The molecule has 77 heavy (non-hydrogen) atoms. The van der Waals surface area contributed by atoms with Crippen LogP contribution in [0.2, 0.25) is 0 Å². The van der Waals surface area contributed by atoms with Gasteiger partial charge in [0.25, 0.3) is 0 Å². The van der Waals surface area contributed by atoms with E-state index in [1.807, 2.05) is 67.1 Å². The van der Waals surface area contributed by atoms with E-state index in [1.165, 1.54) is 19.6 Å². The van der Waals surface area contributed by atoms with Crippen molar-refractivity contribution in [3.05, 3.63) is 79.0 Å². The maximum atomic E-state index is 15.2. The Morgan fingerprint density at radius 3 is 2.39 bits per heavy atom. The van der Waals surface area contributed by atoms with E-state index < -0.39 is 95.4 Å². The largest absolute Gasteiger partial charge is 0.458 e. The number of rotatable bonds is 17. The summed E-state index contributed by atoms with van der Waals surface area (Å²) >= 11 is 0.